The summed E-state index contributed by atoms with van der Waals surface area (Å²) in [5.41, 5.74) is 3.79. The Kier molecular flexibility index (Phi) is 7.31. The number of hydrogen-bond acceptors (Lipinski definition) is 6. The first kappa shape index (κ1) is 26.3. The van der Waals surface area contributed by atoms with Gasteiger partial charge >= 0.3 is 0 Å². The summed E-state index contributed by atoms with van der Waals surface area (Å²) in [5, 5.41) is 0. The molecule has 1 aliphatic heterocycles. The number of piperazine rings is 1. The minimum absolute atomic E-state index is 0.00469. The van der Waals surface area contributed by atoms with Crippen molar-refractivity contribution in [3.63, 3.8) is 0 Å². The minimum atomic E-state index is -0.288. The second kappa shape index (κ2) is 10.8. The molecule has 5 rings (SSSR count). The Morgan fingerprint density at radius 1 is 1.13 bits per heavy atom. The molecule has 4 heterocycles. The zero-order valence-corrected chi connectivity index (χ0v) is 22.5. The number of fused-ring (bicyclic) bond motifs is 1. The Morgan fingerprint density at radius 3 is 2.62 bits per heavy atom. The lowest BCUT2D eigenvalue weighted by atomic mass is 9.94. The van der Waals surface area contributed by atoms with E-state index in [1.807, 2.05) is 31.2 Å². The van der Waals surface area contributed by atoms with Crippen molar-refractivity contribution < 1.29 is 9.13 Å². The summed E-state index contributed by atoms with van der Waals surface area (Å²) in [6, 6.07) is 15.4. The third kappa shape index (κ3) is 4.95. The van der Waals surface area contributed by atoms with Crippen LogP contribution in [0.1, 0.15) is 37.9 Å². The van der Waals surface area contributed by atoms with Gasteiger partial charge in [-0.15, -0.1) is 4.98 Å². The first-order valence-corrected chi connectivity index (χ1v) is 13.1. The van der Waals surface area contributed by atoms with Gasteiger partial charge in [-0.3, -0.25) is 9.69 Å². The molecule has 3 aromatic heterocycles. The molecule has 1 aliphatic rings. The predicted octanol–water partition coefficient (Wildman–Crippen LogP) is 5.11. The van der Waals surface area contributed by atoms with Crippen LogP contribution in [0.2, 0.25) is 0 Å². The average Bonchev–Trinajstić information content (AvgIpc) is 2.94. The summed E-state index contributed by atoms with van der Waals surface area (Å²) < 4.78 is 21.4. The van der Waals surface area contributed by atoms with Gasteiger partial charge in [0.25, 0.3) is 11.4 Å². The summed E-state index contributed by atoms with van der Waals surface area (Å²) in [6.45, 7) is 15.4. The van der Waals surface area contributed by atoms with Crippen LogP contribution in [0.4, 0.5) is 15.9 Å². The number of aryl methyl sites for hydroxylation is 1. The maximum absolute atomic E-state index is 13.9. The third-order valence-electron chi connectivity index (χ3n) is 7.41. The lowest BCUT2D eigenvalue weighted by molar-refractivity contribution is 0.127. The van der Waals surface area contributed by atoms with E-state index in [2.05, 4.69) is 38.5 Å². The van der Waals surface area contributed by atoms with Crippen LogP contribution in [0, 0.1) is 12.4 Å². The van der Waals surface area contributed by atoms with E-state index in [9.17, 15) is 9.18 Å². The van der Waals surface area contributed by atoms with E-state index in [0.717, 1.165) is 16.8 Å². The van der Waals surface area contributed by atoms with Crippen molar-refractivity contribution in [3.05, 3.63) is 99.5 Å². The van der Waals surface area contributed by atoms with E-state index in [1.54, 1.807) is 36.0 Å². The Morgan fingerprint density at radius 2 is 1.90 bits per heavy atom. The van der Waals surface area contributed by atoms with Crippen molar-refractivity contribution in [1.82, 2.24) is 19.4 Å². The van der Waals surface area contributed by atoms with Crippen LogP contribution >= 0.6 is 0 Å². The molecule has 8 nitrogen and oxygen atoms in total. The molecule has 0 aliphatic carbocycles. The zero-order chi connectivity index (χ0) is 27.7. The number of pyridine rings is 3. The van der Waals surface area contributed by atoms with Crippen LogP contribution in [-0.4, -0.2) is 51.2 Å². The van der Waals surface area contributed by atoms with Gasteiger partial charge in [0.15, 0.2) is 0 Å². The molecule has 0 spiro atoms. The van der Waals surface area contributed by atoms with E-state index in [-0.39, 0.29) is 35.3 Å². The Labute approximate surface area is 227 Å². The lowest BCUT2D eigenvalue weighted by Gasteiger charge is -2.48. The second-order valence-electron chi connectivity index (χ2n) is 9.91. The van der Waals surface area contributed by atoms with Crippen molar-refractivity contribution in [2.75, 3.05) is 24.6 Å². The number of hydrogen-bond donors (Lipinski definition) is 0. The zero-order valence-electron chi connectivity index (χ0n) is 22.5. The fourth-order valence-corrected chi connectivity index (χ4v) is 5.49. The molecule has 0 N–H and O–H groups in total. The summed E-state index contributed by atoms with van der Waals surface area (Å²) in [6.07, 6.45) is 1.71. The van der Waals surface area contributed by atoms with Crippen molar-refractivity contribution >= 4 is 22.5 Å². The van der Waals surface area contributed by atoms with Gasteiger partial charge in [0, 0.05) is 50.0 Å². The standard InChI is InChI=1S/C30H31FN6O2/c1-6-39-30-23(8-7-15-33-30)29(21-9-11-22(31)12-10-21)37-18-19(2)36(17-20(37)3)25-16-27(38)35(5)24-13-14-26(32-4)34-28(24)25/h7-16,19-20,29H,6,17-18H2,1-3,5H3/t19-,20+,29?/m0/s1. The molecule has 0 amide bonds. The second-order valence-corrected chi connectivity index (χ2v) is 9.91. The quantitative estimate of drug-likeness (QED) is 0.326. The first-order chi connectivity index (χ1) is 18.8. The van der Waals surface area contributed by atoms with Crippen LogP contribution < -0.4 is 15.2 Å². The fraction of sp³-hybridized carbons (Fsp3) is 0.333. The van der Waals surface area contributed by atoms with Gasteiger partial charge in [-0.05, 0) is 56.7 Å². The molecule has 3 atom stereocenters. The monoisotopic (exact) mass is 526 g/mol. The van der Waals surface area contributed by atoms with Crippen molar-refractivity contribution in [2.45, 2.75) is 38.9 Å². The van der Waals surface area contributed by atoms with Crippen molar-refractivity contribution in [3.8, 4) is 5.88 Å². The summed E-state index contributed by atoms with van der Waals surface area (Å²) in [5.74, 6) is 0.562. The van der Waals surface area contributed by atoms with E-state index in [4.69, 9.17) is 11.3 Å². The van der Waals surface area contributed by atoms with Gasteiger partial charge in [0.2, 0.25) is 11.4 Å². The number of ether oxygens (including phenoxy) is 1. The number of anilines is 1. The highest BCUT2D eigenvalue weighted by molar-refractivity contribution is 5.89. The summed E-state index contributed by atoms with van der Waals surface area (Å²) >= 11 is 0. The maximum Gasteiger partial charge on any atom is 0.270 e. The maximum atomic E-state index is 13.9. The number of rotatable bonds is 6. The molecule has 4 aromatic rings. The van der Waals surface area contributed by atoms with Gasteiger partial charge in [0.1, 0.15) is 5.82 Å². The molecule has 1 saturated heterocycles. The number of aromatic nitrogens is 3. The highest BCUT2D eigenvalue weighted by atomic mass is 19.1. The Balaban J connectivity index is 1.57. The SMILES string of the molecule is [C-]#[N+]c1ccc2c(n1)c(N1C[C@@H](C)N(C(c3ccc(F)cc3)c3cccnc3OCC)C[C@@H]1C)cc(=O)n2C. The molecule has 1 unspecified atom stereocenters. The number of halogens is 1. The highest BCUT2D eigenvalue weighted by Gasteiger charge is 2.37. The average molecular weight is 527 g/mol. The van der Waals surface area contributed by atoms with E-state index < -0.39 is 0 Å². The van der Waals surface area contributed by atoms with Gasteiger partial charge in [0.05, 0.1) is 23.9 Å². The van der Waals surface area contributed by atoms with Crippen LogP contribution in [0.5, 0.6) is 5.88 Å². The molecule has 1 fully saturated rings. The number of nitrogens with zero attached hydrogens (tertiary/aromatic N) is 6. The van der Waals surface area contributed by atoms with Crippen molar-refractivity contribution in [1.29, 1.82) is 0 Å². The van der Waals surface area contributed by atoms with Gasteiger partial charge in [-0.25, -0.2) is 9.37 Å². The molecule has 1 aromatic carbocycles. The lowest BCUT2D eigenvalue weighted by Crippen LogP contribution is -2.57. The summed E-state index contributed by atoms with van der Waals surface area (Å²) in [7, 11) is 1.72. The van der Waals surface area contributed by atoms with Crippen molar-refractivity contribution in [2.24, 2.45) is 7.05 Å². The molecule has 200 valence electrons. The molecule has 0 saturated carbocycles. The smallest absolute Gasteiger partial charge is 0.270 e. The molecule has 39 heavy (non-hydrogen) atoms. The van der Waals surface area contributed by atoms with Gasteiger partial charge in [-0.1, -0.05) is 24.8 Å². The normalized spacial score (nSPS) is 18.6. The molecular weight excluding hydrogens is 495 g/mol. The first-order valence-electron chi connectivity index (χ1n) is 13.1. The van der Waals surface area contributed by atoms with E-state index in [0.29, 0.717) is 36.6 Å². The Hall–Kier alpha value is -4.29. The van der Waals surface area contributed by atoms with Crippen LogP contribution in [-0.2, 0) is 7.05 Å². The fourth-order valence-electron chi connectivity index (χ4n) is 5.49. The van der Waals surface area contributed by atoms with Crippen LogP contribution in [0.25, 0.3) is 15.9 Å². The van der Waals surface area contributed by atoms with Gasteiger partial charge in [-0.2, -0.15) is 0 Å². The summed E-state index contributed by atoms with van der Waals surface area (Å²) in [4.78, 5) is 30.1. The third-order valence-corrected chi connectivity index (χ3v) is 7.41. The Bertz CT molecular complexity index is 1600. The molecule has 9 heteroatoms. The highest BCUT2D eigenvalue weighted by Crippen LogP contribution is 2.38. The molecular formula is C30H31FN6O2. The van der Waals surface area contributed by atoms with Gasteiger partial charge < -0.3 is 19.0 Å². The molecule has 0 bridgehead atoms. The number of benzene rings is 1. The molecule has 0 radical (unpaired) electrons. The van der Waals surface area contributed by atoms with Crippen LogP contribution in [0.3, 0.4) is 0 Å². The van der Waals surface area contributed by atoms with E-state index in [1.165, 1.54) is 12.1 Å². The minimum Gasteiger partial charge on any atom is -0.478 e. The topological polar surface area (TPSA) is 67.9 Å². The predicted molar refractivity (Wildman–Crippen MR) is 150 cm³/mol. The van der Waals surface area contributed by atoms with E-state index >= 15 is 0 Å². The van der Waals surface area contributed by atoms with Crippen LogP contribution in [0.15, 0.2) is 65.6 Å². The largest absolute Gasteiger partial charge is 0.478 e.